The molecule has 0 saturated carbocycles. The van der Waals surface area contributed by atoms with E-state index in [4.69, 9.17) is 11.6 Å². The molecule has 0 fully saturated rings. The third-order valence-electron chi connectivity index (χ3n) is 4.58. The molecule has 1 aromatic carbocycles. The maximum Gasteiger partial charge on any atom is 0.416 e. The first-order valence-corrected chi connectivity index (χ1v) is 12.1. The molecule has 33 heavy (non-hydrogen) atoms. The fourth-order valence-corrected chi connectivity index (χ4v) is 3.71. The number of hydrogen-bond donors (Lipinski definition) is 1. The van der Waals surface area contributed by atoms with E-state index in [0.29, 0.717) is 23.1 Å². The quantitative estimate of drug-likeness (QED) is 0.534. The van der Waals surface area contributed by atoms with Crippen molar-refractivity contribution in [1.29, 1.82) is 0 Å². The summed E-state index contributed by atoms with van der Waals surface area (Å²) in [5.74, 6) is 0.302. The lowest BCUT2D eigenvalue weighted by atomic mass is 10.1. The summed E-state index contributed by atoms with van der Waals surface area (Å²) in [7, 11) is -2.34. The fraction of sp³-hybridized carbons (Fsp3) is 0.300. The third-order valence-corrected chi connectivity index (χ3v) is 6.47. The molecule has 1 amide bonds. The third kappa shape index (κ3) is 6.08. The van der Waals surface area contributed by atoms with Crippen molar-refractivity contribution in [3.05, 3.63) is 64.8 Å². The number of amides is 1. The number of benzene rings is 1. The first-order chi connectivity index (χ1) is 15.4. The van der Waals surface area contributed by atoms with Crippen LogP contribution in [0.5, 0.6) is 0 Å². The number of aromatic nitrogens is 4. The van der Waals surface area contributed by atoms with Crippen LogP contribution in [0.1, 0.15) is 41.6 Å². The van der Waals surface area contributed by atoms with Gasteiger partial charge in [0.15, 0.2) is 11.6 Å². The lowest BCUT2D eigenvalue weighted by molar-refractivity contribution is -0.137. The Morgan fingerprint density at radius 3 is 2.61 bits per heavy atom. The number of alkyl halides is 3. The molecule has 8 nitrogen and oxygen atoms in total. The summed E-state index contributed by atoms with van der Waals surface area (Å²) in [6, 6.07) is 5.12. The maximum atomic E-state index is 13.0. The molecular formula is C20H20ClF3N6O2S. The first-order valence-electron chi connectivity index (χ1n) is 9.64. The molecule has 13 heteroatoms. The molecule has 0 aliphatic carbocycles. The molecular weight excluding hydrogens is 481 g/mol. The van der Waals surface area contributed by atoms with Gasteiger partial charge in [0.2, 0.25) is 0 Å². The minimum absolute atomic E-state index is 0.209. The van der Waals surface area contributed by atoms with Gasteiger partial charge < -0.3 is 5.32 Å². The summed E-state index contributed by atoms with van der Waals surface area (Å²) in [5, 5.41) is 6.49. The lowest BCUT2D eigenvalue weighted by Crippen LogP contribution is -2.29. The Morgan fingerprint density at radius 2 is 2.00 bits per heavy atom. The highest BCUT2D eigenvalue weighted by Crippen LogP contribution is 2.32. The molecule has 176 valence electrons. The lowest BCUT2D eigenvalue weighted by Gasteiger charge is -2.15. The van der Waals surface area contributed by atoms with Crippen molar-refractivity contribution in [2.24, 2.45) is 4.36 Å². The Balaban J connectivity index is 1.83. The molecule has 1 unspecified atom stereocenters. The second-order valence-corrected chi connectivity index (χ2v) is 10.3. The number of hydrogen-bond acceptors (Lipinski definition) is 6. The highest BCUT2D eigenvalue weighted by molar-refractivity contribution is 7.93. The average Bonchev–Trinajstić information content (AvgIpc) is 3.23. The average molecular weight is 501 g/mol. The number of carbonyl (C=O) groups is 1. The van der Waals surface area contributed by atoms with Gasteiger partial charge >= 0.3 is 6.18 Å². The topological polar surface area (TPSA) is 102 Å². The van der Waals surface area contributed by atoms with E-state index < -0.39 is 33.4 Å². The van der Waals surface area contributed by atoms with Crippen LogP contribution in [-0.4, -0.2) is 41.9 Å². The smallest absolute Gasteiger partial charge is 0.342 e. The number of halogens is 4. The van der Waals surface area contributed by atoms with E-state index in [-0.39, 0.29) is 10.6 Å². The van der Waals surface area contributed by atoms with Gasteiger partial charge in [0.25, 0.3) is 5.91 Å². The standard InChI is InChI=1S/C20H20ClF3N6O2S/c1-4-33(3,32)29-16-5-6-17(25-10-16)30-18(26-11-27-30)12(2)28-19(31)13-7-14(20(22,23)24)9-15(21)8-13/h5-12H,4H2,1-3H3,(H,28,31)/t12-,33?/m0/s1. The van der Waals surface area contributed by atoms with E-state index in [0.717, 1.165) is 18.2 Å². The minimum atomic E-state index is -4.64. The number of nitrogens with one attached hydrogen (secondary N) is 1. The van der Waals surface area contributed by atoms with Crippen molar-refractivity contribution in [1.82, 2.24) is 25.1 Å². The van der Waals surface area contributed by atoms with Crippen molar-refractivity contribution in [2.75, 3.05) is 12.0 Å². The largest absolute Gasteiger partial charge is 0.416 e. The van der Waals surface area contributed by atoms with E-state index in [9.17, 15) is 22.2 Å². The van der Waals surface area contributed by atoms with Crippen LogP contribution in [0.15, 0.2) is 47.2 Å². The molecule has 2 heterocycles. The number of carbonyl (C=O) groups excluding carboxylic acids is 1. The SMILES string of the molecule is CCS(C)(=O)=Nc1ccc(-n2ncnc2[C@H](C)NC(=O)c2cc(Cl)cc(C(F)(F)F)c2)nc1. The molecule has 2 atom stereocenters. The van der Waals surface area contributed by atoms with Crippen molar-refractivity contribution in [3.8, 4) is 5.82 Å². The van der Waals surface area contributed by atoms with Crippen molar-refractivity contribution < 1.29 is 22.2 Å². The molecule has 0 aliphatic heterocycles. The summed E-state index contributed by atoms with van der Waals surface area (Å²) < 4.78 is 56.8. The van der Waals surface area contributed by atoms with Crippen LogP contribution in [0.3, 0.4) is 0 Å². The van der Waals surface area contributed by atoms with Crippen LogP contribution >= 0.6 is 11.6 Å². The molecule has 1 N–H and O–H groups in total. The van der Waals surface area contributed by atoms with Crippen molar-refractivity contribution in [3.63, 3.8) is 0 Å². The van der Waals surface area contributed by atoms with Gasteiger partial charge in [-0.25, -0.2) is 14.2 Å². The maximum absolute atomic E-state index is 13.0. The molecule has 3 aromatic rings. The highest BCUT2D eigenvalue weighted by atomic mass is 35.5. The van der Waals surface area contributed by atoms with Gasteiger partial charge in [0.05, 0.1) is 23.5 Å². The summed E-state index contributed by atoms with van der Waals surface area (Å²) in [5.41, 5.74) is -0.821. The van der Waals surface area contributed by atoms with Crippen LogP contribution in [0.4, 0.5) is 18.9 Å². The van der Waals surface area contributed by atoms with Gasteiger partial charge in [-0.15, -0.1) is 0 Å². The van der Waals surface area contributed by atoms with Crippen LogP contribution in [-0.2, 0) is 15.9 Å². The number of rotatable bonds is 6. The van der Waals surface area contributed by atoms with Gasteiger partial charge in [-0.05, 0) is 37.3 Å². The van der Waals surface area contributed by atoms with E-state index in [1.54, 1.807) is 32.2 Å². The van der Waals surface area contributed by atoms with Crippen LogP contribution < -0.4 is 5.32 Å². The van der Waals surface area contributed by atoms with Crippen LogP contribution in [0.2, 0.25) is 5.02 Å². The van der Waals surface area contributed by atoms with Gasteiger partial charge in [-0.1, -0.05) is 18.5 Å². The van der Waals surface area contributed by atoms with E-state index >= 15 is 0 Å². The predicted molar refractivity (Wildman–Crippen MR) is 118 cm³/mol. The van der Waals surface area contributed by atoms with Crippen LogP contribution in [0, 0.1) is 0 Å². The van der Waals surface area contributed by atoms with Gasteiger partial charge in [0, 0.05) is 32.3 Å². The molecule has 0 aliphatic rings. The van der Waals surface area contributed by atoms with Crippen molar-refractivity contribution >= 4 is 32.9 Å². The Morgan fingerprint density at radius 1 is 1.27 bits per heavy atom. The Kier molecular flexibility index (Phi) is 7.08. The Hall–Kier alpha value is -2.99. The predicted octanol–water partition coefficient (Wildman–Crippen LogP) is 4.57. The number of nitrogens with zero attached hydrogens (tertiary/aromatic N) is 5. The van der Waals surface area contributed by atoms with Gasteiger partial charge in [0.1, 0.15) is 6.33 Å². The molecule has 3 rings (SSSR count). The molecule has 2 aromatic heterocycles. The van der Waals surface area contributed by atoms with Gasteiger partial charge in [-0.3, -0.25) is 4.79 Å². The summed E-state index contributed by atoms with van der Waals surface area (Å²) >= 11 is 5.76. The molecule has 0 saturated heterocycles. The highest BCUT2D eigenvalue weighted by Gasteiger charge is 2.32. The second-order valence-electron chi connectivity index (χ2n) is 7.17. The zero-order chi connectivity index (χ0) is 24.4. The normalized spacial score (nSPS) is 14.4. The Labute approximate surface area is 193 Å². The van der Waals surface area contributed by atoms with E-state index in [1.807, 2.05) is 0 Å². The summed E-state index contributed by atoms with van der Waals surface area (Å²) in [6.45, 7) is 3.38. The van der Waals surface area contributed by atoms with E-state index in [1.165, 1.54) is 17.2 Å². The monoisotopic (exact) mass is 500 g/mol. The van der Waals surface area contributed by atoms with Gasteiger partial charge in [-0.2, -0.15) is 27.3 Å². The number of pyridine rings is 1. The zero-order valence-corrected chi connectivity index (χ0v) is 19.4. The van der Waals surface area contributed by atoms with Crippen molar-refractivity contribution in [2.45, 2.75) is 26.1 Å². The second kappa shape index (κ2) is 9.48. The summed E-state index contributed by atoms with van der Waals surface area (Å²) in [6.07, 6.45) is -0.390. The Bertz CT molecular complexity index is 1280. The van der Waals surface area contributed by atoms with Crippen LogP contribution in [0.25, 0.3) is 5.82 Å². The first kappa shape index (κ1) is 24.6. The fourth-order valence-electron chi connectivity index (χ4n) is 2.80. The molecule has 0 spiro atoms. The zero-order valence-electron chi connectivity index (χ0n) is 17.8. The van der Waals surface area contributed by atoms with E-state index in [2.05, 4.69) is 24.7 Å². The summed E-state index contributed by atoms with van der Waals surface area (Å²) in [4.78, 5) is 21.0. The molecule has 0 radical (unpaired) electrons. The minimum Gasteiger partial charge on any atom is -0.342 e. The molecule has 0 bridgehead atoms.